The van der Waals surface area contributed by atoms with E-state index < -0.39 is 17.8 Å². The zero-order valence-corrected chi connectivity index (χ0v) is 15.0. The number of aromatic hydroxyl groups is 1. The highest BCUT2D eigenvalue weighted by Gasteiger charge is 2.40. The number of barbiturate groups is 1. The molecule has 1 aliphatic carbocycles. The van der Waals surface area contributed by atoms with Gasteiger partial charge in [0.15, 0.2) is 11.5 Å². The third-order valence-corrected chi connectivity index (χ3v) is 4.94. The highest BCUT2D eigenvalue weighted by Crippen LogP contribution is 2.36. The fourth-order valence-electron chi connectivity index (χ4n) is 3.34. The molecule has 2 aliphatic rings. The molecule has 138 valence electrons. The van der Waals surface area contributed by atoms with Crippen LogP contribution in [-0.2, 0) is 9.59 Å². The number of rotatable bonds is 3. The molecular formula is C18H19ClN2O5. The number of imide groups is 2. The van der Waals surface area contributed by atoms with Crippen molar-refractivity contribution >= 4 is 35.5 Å². The van der Waals surface area contributed by atoms with E-state index in [9.17, 15) is 19.5 Å². The second kappa shape index (κ2) is 7.37. The fourth-order valence-corrected chi connectivity index (χ4v) is 3.56. The van der Waals surface area contributed by atoms with E-state index in [1.165, 1.54) is 25.3 Å². The summed E-state index contributed by atoms with van der Waals surface area (Å²) in [5, 5.41) is 12.1. The molecule has 0 radical (unpaired) electrons. The van der Waals surface area contributed by atoms with Crippen LogP contribution in [0, 0.1) is 0 Å². The van der Waals surface area contributed by atoms with E-state index in [1.807, 2.05) is 0 Å². The number of hydrogen-bond acceptors (Lipinski definition) is 5. The Labute approximate surface area is 155 Å². The summed E-state index contributed by atoms with van der Waals surface area (Å²) in [6, 6.07) is 1.99. The monoisotopic (exact) mass is 378 g/mol. The normalized spacial score (nSPS) is 20.5. The average Bonchev–Trinajstić information content (AvgIpc) is 2.62. The molecule has 8 heteroatoms. The molecule has 1 aromatic rings. The Hall–Kier alpha value is -2.54. The lowest BCUT2D eigenvalue weighted by Gasteiger charge is -2.35. The van der Waals surface area contributed by atoms with Crippen LogP contribution < -0.4 is 10.1 Å². The number of nitrogens with one attached hydrogen (secondary N) is 1. The van der Waals surface area contributed by atoms with E-state index in [2.05, 4.69) is 5.32 Å². The van der Waals surface area contributed by atoms with Crippen LogP contribution >= 0.6 is 11.6 Å². The van der Waals surface area contributed by atoms with Gasteiger partial charge in [0.2, 0.25) is 0 Å². The Morgan fingerprint density at radius 1 is 1.23 bits per heavy atom. The van der Waals surface area contributed by atoms with Crippen molar-refractivity contribution < 1.29 is 24.2 Å². The van der Waals surface area contributed by atoms with Gasteiger partial charge in [0.1, 0.15) is 5.57 Å². The Morgan fingerprint density at radius 2 is 1.92 bits per heavy atom. The van der Waals surface area contributed by atoms with Gasteiger partial charge in [0.05, 0.1) is 12.1 Å². The van der Waals surface area contributed by atoms with Crippen LogP contribution in [0.3, 0.4) is 0 Å². The van der Waals surface area contributed by atoms with Crippen molar-refractivity contribution in [1.29, 1.82) is 0 Å². The number of urea groups is 1. The maximum atomic E-state index is 12.8. The number of amides is 4. The minimum atomic E-state index is -0.754. The molecule has 0 spiro atoms. The molecule has 0 atom stereocenters. The number of phenolic OH excluding ortho intramolecular Hbond substituents is 1. The molecule has 26 heavy (non-hydrogen) atoms. The van der Waals surface area contributed by atoms with E-state index in [0.717, 1.165) is 37.0 Å². The number of halogens is 1. The lowest BCUT2D eigenvalue weighted by Crippen LogP contribution is -2.58. The van der Waals surface area contributed by atoms with Gasteiger partial charge in [0, 0.05) is 6.04 Å². The maximum absolute atomic E-state index is 12.8. The van der Waals surface area contributed by atoms with Crippen molar-refractivity contribution in [3.63, 3.8) is 0 Å². The number of carbonyl (C=O) groups excluding carboxylic acids is 3. The Balaban J connectivity index is 1.96. The fraction of sp³-hybridized carbons (Fsp3) is 0.389. The van der Waals surface area contributed by atoms with Crippen LogP contribution in [0.1, 0.15) is 37.7 Å². The average molecular weight is 379 g/mol. The number of nitrogens with zero attached hydrogens (tertiary/aromatic N) is 1. The molecule has 1 saturated carbocycles. The molecule has 0 bridgehead atoms. The number of ether oxygens (including phenoxy) is 1. The zero-order chi connectivity index (χ0) is 18.8. The van der Waals surface area contributed by atoms with Crippen LogP contribution in [-0.4, -0.2) is 41.0 Å². The topological polar surface area (TPSA) is 95.9 Å². The number of benzene rings is 1. The van der Waals surface area contributed by atoms with Crippen molar-refractivity contribution in [3.05, 3.63) is 28.3 Å². The van der Waals surface area contributed by atoms with Crippen LogP contribution in [0.5, 0.6) is 11.5 Å². The van der Waals surface area contributed by atoms with Gasteiger partial charge >= 0.3 is 6.03 Å². The predicted octanol–water partition coefficient (Wildman–Crippen LogP) is 2.85. The predicted molar refractivity (Wildman–Crippen MR) is 94.9 cm³/mol. The highest BCUT2D eigenvalue weighted by atomic mass is 35.5. The zero-order valence-electron chi connectivity index (χ0n) is 14.3. The summed E-state index contributed by atoms with van der Waals surface area (Å²) in [6.45, 7) is 0. The van der Waals surface area contributed by atoms with Crippen molar-refractivity contribution in [2.24, 2.45) is 0 Å². The van der Waals surface area contributed by atoms with Gasteiger partial charge in [-0.25, -0.2) is 4.79 Å². The standard InChI is InChI=1S/C18H19ClN2O5/c1-26-14-9-10(8-13(19)15(14)22)7-12-16(23)20-18(25)21(17(12)24)11-5-3-2-4-6-11/h7-9,11,22H,2-6H2,1H3,(H,20,23,25)/b12-7+. The first kappa shape index (κ1) is 18.3. The van der Waals surface area contributed by atoms with Crippen molar-refractivity contribution in [2.45, 2.75) is 38.1 Å². The van der Waals surface area contributed by atoms with E-state index in [1.54, 1.807) is 0 Å². The Kier molecular flexibility index (Phi) is 5.18. The third kappa shape index (κ3) is 3.39. The minimum absolute atomic E-state index is 0.0279. The van der Waals surface area contributed by atoms with Crippen LogP contribution in [0.25, 0.3) is 6.08 Å². The van der Waals surface area contributed by atoms with Gasteiger partial charge in [-0.2, -0.15) is 0 Å². The van der Waals surface area contributed by atoms with Gasteiger partial charge in [-0.15, -0.1) is 0 Å². The summed E-state index contributed by atoms with van der Waals surface area (Å²) >= 11 is 5.95. The van der Waals surface area contributed by atoms with E-state index in [-0.39, 0.29) is 28.1 Å². The number of methoxy groups -OCH3 is 1. The maximum Gasteiger partial charge on any atom is 0.331 e. The number of phenols is 1. The summed E-state index contributed by atoms with van der Waals surface area (Å²) in [4.78, 5) is 38.3. The van der Waals surface area contributed by atoms with E-state index in [4.69, 9.17) is 16.3 Å². The second-order valence-corrected chi connectivity index (χ2v) is 6.75. The SMILES string of the molecule is COc1cc(/C=C2\C(=O)NC(=O)N(C3CCCCC3)C2=O)cc(Cl)c1O. The lowest BCUT2D eigenvalue weighted by atomic mass is 9.93. The minimum Gasteiger partial charge on any atom is -0.503 e. The second-order valence-electron chi connectivity index (χ2n) is 6.34. The molecule has 4 amide bonds. The first-order valence-electron chi connectivity index (χ1n) is 8.39. The molecule has 1 saturated heterocycles. The molecule has 7 nitrogen and oxygen atoms in total. The van der Waals surface area contributed by atoms with Crippen molar-refractivity contribution in [3.8, 4) is 11.5 Å². The van der Waals surface area contributed by atoms with Gasteiger partial charge in [-0.3, -0.25) is 19.8 Å². The molecule has 0 unspecified atom stereocenters. The van der Waals surface area contributed by atoms with Gasteiger partial charge < -0.3 is 9.84 Å². The lowest BCUT2D eigenvalue weighted by molar-refractivity contribution is -0.132. The summed E-state index contributed by atoms with van der Waals surface area (Å²) in [6.07, 6.45) is 5.78. The molecule has 1 heterocycles. The Morgan fingerprint density at radius 3 is 2.58 bits per heavy atom. The largest absolute Gasteiger partial charge is 0.503 e. The number of hydrogen-bond donors (Lipinski definition) is 2. The molecule has 2 N–H and O–H groups in total. The molecule has 2 fully saturated rings. The van der Waals surface area contributed by atoms with Gasteiger partial charge in [-0.1, -0.05) is 30.9 Å². The van der Waals surface area contributed by atoms with Crippen LogP contribution in [0.2, 0.25) is 5.02 Å². The van der Waals surface area contributed by atoms with Crippen LogP contribution in [0.15, 0.2) is 17.7 Å². The molecule has 0 aromatic heterocycles. The van der Waals surface area contributed by atoms with Gasteiger partial charge in [0.25, 0.3) is 11.8 Å². The highest BCUT2D eigenvalue weighted by molar-refractivity contribution is 6.33. The molecular weight excluding hydrogens is 360 g/mol. The molecule has 1 aliphatic heterocycles. The van der Waals surface area contributed by atoms with Crippen molar-refractivity contribution in [2.75, 3.05) is 7.11 Å². The molecule has 3 rings (SSSR count). The van der Waals surface area contributed by atoms with E-state index >= 15 is 0 Å². The number of carbonyl (C=O) groups is 3. The van der Waals surface area contributed by atoms with E-state index in [0.29, 0.717) is 5.56 Å². The van der Waals surface area contributed by atoms with Gasteiger partial charge in [-0.05, 0) is 36.6 Å². The summed E-state index contributed by atoms with van der Waals surface area (Å²) in [5.41, 5.74) is 0.250. The van der Waals surface area contributed by atoms with Crippen LogP contribution in [0.4, 0.5) is 4.79 Å². The summed E-state index contributed by atoms with van der Waals surface area (Å²) in [7, 11) is 1.37. The third-order valence-electron chi connectivity index (χ3n) is 4.65. The Bertz CT molecular complexity index is 799. The summed E-state index contributed by atoms with van der Waals surface area (Å²) in [5.74, 6) is -1.48. The first-order valence-corrected chi connectivity index (χ1v) is 8.77. The summed E-state index contributed by atoms with van der Waals surface area (Å²) < 4.78 is 5.03. The first-order chi connectivity index (χ1) is 12.4. The quantitative estimate of drug-likeness (QED) is 0.622. The van der Waals surface area contributed by atoms with Crippen molar-refractivity contribution in [1.82, 2.24) is 10.2 Å². The molecule has 1 aromatic carbocycles. The smallest absolute Gasteiger partial charge is 0.331 e.